The molecule has 14 heavy (non-hydrogen) atoms. The SMILES string of the molecule is CCC(COC)NC(=O)N(C)CCO. The summed E-state index contributed by atoms with van der Waals surface area (Å²) in [5.41, 5.74) is 0. The number of methoxy groups -OCH3 is 1. The molecular weight excluding hydrogens is 184 g/mol. The smallest absolute Gasteiger partial charge is 0.317 e. The van der Waals surface area contributed by atoms with Crippen molar-refractivity contribution >= 4 is 6.03 Å². The van der Waals surface area contributed by atoms with E-state index >= 15 is 0 Å². The second-order valence-electron chi connectivity index (χ2n) is 3.16. The largest absolute Gasteiger partial charge is 0.395 e. The summed E-state index contributed by atoms with van der Waals surface area (Å²) in [6, 6.07) is -0.142. The monoisotopic (exact) mass is 204 g/mol. The summed E-state index contributed by atoms with van der Waals surface area (Å²) in [5.74, 6) is 0. The molecule has 5 heteroatoms. The van der Waals surface area contributed by atoms with Crippen molar-refractivity contribution in [3.8, 4) is 0 Å². The maximum atomic E-state index is 11.4. The van der Waals surface area contributed by atoms with Crippen LogP contribution < -0.4 is 5.32 Å². The van der Waals surface area contributed by atoms with E-state index in [0.29, 0.717) is 13.2 Å². The van der Waals surface area contributed by atoms with Gasteiger partial charge < -0.3 is 20.1 Å². The Hall–Kier alpha value is -0.810. The number of urea groups is 1. The van der Waals surface area contributed by atoms with Gasteiger partial charge in [0.25, 0.3) is 0 Å². The first kappa shape index (κ1) is 13.2. The van der Waals surface area contributed by atoms with E-state index in [0.717, 1.165) is 6.42 Å². The van der Waals surface area contributed by atoms with Gasteiger partial charge in [0.15, 0.2) is 0 Å². The second-order valence-corrected chi connectivity index (χ2v) is 3.16. The van der Waals surface area contributed by atoms with E-state index in [4.69, 9.17) is 9.84 Å². The normalized spacial score (nSPS) is 12.3. The van der Waals surface area contributed by atoms with Crippen molar-refractivity contribution < 1.29 is 14.6 Å². The molecule has 0 aromatic carbocycles. The fraction of sp³-hybridized carbons (Fsp3) is 0.889. The average Bonchev–Trinajstić information content (AvgIpc) is 2.17. The van der Waals surface area contributed by atoms with Crippen LogP contribution in [0.3, 0.4) is 0 Å². The summed E-state index contributed by atoms with van der Waals surface area (Å²) >= 11 is 0. The molecule has 0 aromatic rings. The highest BCUT2D eigenvalue weighted by molar-refractivity contribution is 5.74. The van der Waals surface area contributed by atoms with Crippen LogP contribution in [-0.4, -0.2) is 56.0 Å². The second kappa shape index (κ2) is 7.58. The zero-order chi connectivity index (χ0) is 11.0. The maximum absolute atomic E-state index is 11.4. The number of hydrogen-bond donors (Lipinski definition) is 2. The van der Waals surface area contributed by atoms with Gasteiger partial charge in [-0.15, -0.1) is 0 Å². The van der Waals surface area contributed by atoms with Crippen molar-refractivity contribution in [2.75, 3.05) is 33.9 Å². The van der Waals surface area contributed by atoms with Gasteiger partial charge in [-0.1, -0.05) is 6.92 Å². The lowest BCUT2D eigenvalue weighted by atomic mass is 10.2. The van der Waals surface area contributed by atoms with E-state index in [2.05, 4.69) is 5.32 Å². The molecule has 0 saturated carbocycles. The Balaban J connectivity index is 3.88. The van der Waals surface area contributed by atoms with Crippen molar-refractivity contribution in [1.29, 1.82) is 0 Å². The highest BCUT2D eigenvalue weighted by Crippen LogP contribution is 1.93. The molecule has 84 valence electrons. The molecule has 0 aliphatic rings. The van der Waals surface area contributed by atoms with Crippen molar-refractivity contribution in [3.63, 3.8) is 0 Å². The van der Waals surface area contributed by atoms with Gasteiger partial charge in [0.1, 0.15) is 0 Å². The molecule has 0 aliphatic carbocycles. The van der Waals surface area contributed by atoms with Crippen molar-refractivity contribution in [3.05, 3.63) is 0 Å². The number of likely N-dealkylation sites (N-methyl/N-ethyl adjacent to an activating group) is 1. The highest BCUT2D eigenvalue weighted by Gasteiger charge is 2.12. The van der Waals surface area contributed by atoms with Crippen molar-refractivity contribution in [2.24, 2.45) is 0 Å². The summed E-state index contributed by atoms with van der Waals surface area (Å²) in [6.45, 7) is 2.81. The Morgan fingerprint density at radius 3 is 2.71 bits per heavy atom. The number of ether oxygens (including phenoxy) is 1. The fourth-order valence-corrected chi connectivity index (χ4v) is 0.999. The number of rotatable bonds is 6. The summed E-state index contributed by atoms with van der Waals surface area (Å²) < 4.78 is 4.95. The minimum atomic E-state index is -0.178. The molecule has 0 radical (unpaired) electrons. The van der Waals surface area contributed by atoms with Crippen LogP contribution in [-0.2, 0) is 4.74 Å². The Kier molecular flexibility index (Phi) is 7.14. The van der Waals surface area contributed by atoms with E-state index in [-0.39, 0.29) is 18.7 Å². The fourth-order valence-electron chi connectivity index (χ4n) is 0.999. The molecule has 0 aromatic heterocycles. The van der Waals surface area contributed by atoms with Gasteiger partial charge in [0.05, 0.1) is 19.3 Å². The van der Waals surface area contributed by atoms with E-state index in [1.165, 1.54) is 4.90 Å². The Morgan fingerprint density at radius 2 is 2.29 bits per heavy atom. The molecule has 0 heterocycles. The standard InChI is InChI=1S/C9H20N2O3/c1-4-8(7-14-3)10-9(13)11(2)5-6-12/h8,12H,4-7H2,1-3H3,(H,10,13). The van der Waals surface area contributed by atoms with Crippen LogP contribution in [0, 0.1) is 0 Å². The quantitative estimate of drug-likeness (QED) is 0.642. The molecule has 1 unspecified atom stereocenters. The summed E-state index contributed by atoms with van der Waals surface area (Å²) in [4.78, 5) is 12.9. The summed E-state index contributed by atoms with van der Waals surface area (Å²) in [7, 11) is 3.25. The van der Waals surface area contributed by atoms with E-state index in [9.17, 15) is 4.79 Å². The Bertz CT molecular complexity index is 164. The minimum Gasteiger partial charge on any atom is -0.395 e. The zero-order valence-electron chi connectivity index (χ0n) is 9.12. The first-order valence-corrected chi connectivity index (χ1v) is 4.77. The first-order chi connectivity index (χ1) is 6.65. The van der Waals surface area contributed by atoms with Crippen LogP contribution in [0.15, 0.2) is 0 Å². The molecule has 0 spiro atoms. The molecule has 1 atom stereocenters. The molecule has 0 saturated heterocycles. The number of nitrogens with one attached hydrogen (secondary N) is 1. The number of aliphatic hydroxyl groups excluding tert-OH is 1. The van der Waals surface area contributed by atoms with Crippen LogP contribution >= 0.6 is 0 Å². The number of hydrogen-bond acceptors (Lipinski definition) is 3. The summed E-state index contributed by atoms with van der Waals surface area (Å²) in [5, 5.41) is 11.4. The van der Waals surface area contributed by atoms with Crippen LogP contribution in [0.25, 0.3) is 0 Å². The zero-order valence-corrected chi connectivity index (χ0v) is 9.12. The molecule has 0 bridgehead atoms. The average molecular weight is 204 g/mol. The number of carbonyl (C=O) groups excluding carboxylic acids is 1. The van der Waals surface area contributed by atoms with Crippen LogP contribution in [0.5, 0.6) is 0 Å². The molecule has 0 fully saturated rings. The lowest BCUT2D eigenvalue weighted by Gasteiger charge is -2.21. The van der Waals surface area contributed by atoms with Gasteiger partial charge in [0, 0.05) is 20.7 Å². The predicted octanol–water partition coefficient (Wildman–Crippen LogP) is 0.0451. The number of aliphatic hydroxyl groups is 1. The molecular formula is C9H20N2O3. The number of nitrogens with zero attached hydrogens (tertiary/aromatic N) is 1. The molecule has 2 N–H and O–H groups in total. The van der Waals surface area contributed by atoms with Crippen molar-refractivity contribution in [2.45, 2.75) is 19.4 Å². The number of carbonyl (C=O) groups is 1. The van der Waals surface area contributed by atoms with Crippen LogP contribution in [0.1, 0.15) is 13.3 Å². The highest BCUT2D eigenvalue weighted by atomic mass is 16.5. The third kappa shape index (κ3) is 5.04. The Labute approximate surface area is 85.0 Å². The molecule has 0 aliphatic heterocycles. The lowest BCUT2D eigenvalue weighted by Crippen LogP contribution is -2.45. The van der Waals surface area contributed by atoms with Gasteiger partial charge in [-0.05, 0) is 6.42 Å². The maximum Gasteiger partial charge on any atom is 0.317 e. The van der Waals surface area contributed by atoms with Gasteiger partial charge in [0.2, 0.25) is 0 Å². The predicted molar refractivity (Wildman–Crippen MR) is 54.2 cm³/mol. The van der Waals surface area contributed by atoms with Crippen LogP contribution in [0.2, 0.25) is 0 Å². The van der Waals surface area contributed by atoms with Crippen molar-refractivity contribution in [1.82, 2.24) is 10.2 Å². The van der Waals surface area contributed by atoms with E-state index < -0.39 is 0 Å². The molecule has 0 rings (SSSR count). The lowest BCUT2D eigenvalue weighted by molar-refractivity contribution is 0.152. The minimum absolute atomic E-state index is 0.0228. The topological polar surface area (TPSA) is 61.8 Å². The Morgan fingerprint density at radius 1 is 1.64 bits per heavy atom. The first-order valence-electron chi connectivity index (χ1n) is 4.77. The third-order valence-electron chi connectivity index (χ3n) is 1.97. The van der Waals surface area contributed by atoms with Gasteiger partial charge in [-0.3, -0.25) is 0 Å². The third-order valence-corrected chi connectivity index (χ3v) is 1.97. The molecule has 2 amide bonds. The van der Waals surface area contributed by atoms with Crippen LogP contribution in [0.4, 0.5) is 4.79 Å². The summed E-state index contributed by atoms with van der Waals surface area (Å²) in [6.07, 6.45) is 0.826. The van der Waals surface area contributed by atoms with Gasteiger partial charge in [-0.25, -0.2) is 4.79 Å². The van der Waals surface area contributed by atoms with Gasteiger partial charge in [-0.2, -0.15) is 0 Å². The van der Waals surface area contributed by atoms with E-state index in [1.54, 1.807) is 14.2 Å². The van der Waals surface area contributed by atoms with E-state index in [1.807, 2.05) is 6.92 Å². The van der Waals surface area contributed by atoms with Gasteiger partial charge >= 0.3 is 6.03 Å². The number of amides is 2. The molecule has 5 nitrogen and oxygen atoms in total.